The lowest BCUT2D eigenvalue weighted by molar-refractivity contribution is -1.11. The molecule has 0 fully saturated rings. The quantitative estimate of drug-likeness (QED) is 0.421. The minimum Gasteiger partial charge on any atom is -0.792 e. The molecule has 0 bridgehead atoms. The van der Waals surface area contributed by atoms with Crippen molar-refractivity contribution in [3.05, 3.63) is 0 Å². The molecule has 0 aromatic heterocycles. The number of nitriles is 1. The molecule has 0 spiro atoms. The van der Waals surface area contributed by atoms with E-state index in [1.54, 1.807) is 0 Å². The summed E-state index contributed by atoms with van der Waals surface area (Å²) in [6.45, 7) is 8.38. The van der Waals surface area contributed by atoms with Gasteiger partial charge in [0.1, 0.15) is 18.6 Å². The van der Waals surface area contributed by atoms with Crippen molar-refractivity contribution < 1.29 is 14.2 Å². The van der Waals surface area contributed by atoms with Gasteiger partial charge in [-0.15, -0.1) is 0 Å². The van der Waals surface area contributed by atoms with Crippen LogP contribution in [0.4, 0.5) is 0 Å². The van der Waals surface area contributed by atoms with E-state index >= 15 is 0 Å². The number of quaternary nitrogens is 1. The predicted molar refractivity (Wildman–Crippen MR) is 57.8 cm³/mol. The van der Waals surface area contributed by atoms with Crippen LogP contribution in [0.1, 0.15) is 34.1 Å². The van der Waals surface area contributed by atoms with Crippen LogP contribution in [-0.2, 0) is 4.62 Å². The summed E-state index contributed by atoms with van der Waals surface area (Å²) >= 11 is 0. The van der Waals surface area contributed by atoms with Crippen molar-refractivity contribution in [1.82, 2.24) is 0 Å². The van der Waals surface area contributed by atoms with Crippen LogP contribution in [0.5, 0.6) is 0 Å². The first-order valence-electron chi connectivity index (χ1n) is 5.03. The molecule has 0 amide bonds. The van der Waals surface area contributed by atoms with Gasteiger partial charge >= 0.3 is 0 Å². The summed E-state index contributed by atoms with van der Waals surface area (Å²) in [4.78, 5) is 11.0. The Morgan fingerprint density at radius 3 is 2.13 bits per heavy atom. The van der Waals surface area contributed by atoms with Crippen molar-refractivity contribution in [2.45, 2.75) is 46.2 Å². The summed E-state index contributed by atoms with van der Waals surface area (Å²) in [6, 6.07) is 2.30. The van der Waals surface area contributed by atoms with Crippen molar-refractivity contribution in [2.24, 2.45) is 5.50 Å². The van der Waals surface area contributed by atoms with Crippen molar-refractivity contribution >= 4 is 8.53 Å². The molecule has 0 aliphatic rings. The van der Waals surface area contributed by atoms with Gasteiger partial charge in [-0.3, -0.25) is 5.50 Å². The van der Waals surface area contributed by atoms with Gasteiger partial charge < -0.3 is 4.89 Å². The fraction of sp³-hybridized carbons (Fsp3) is 0.889. The third-order valence-corrected chi connectivity index (χ3v) is 3.02. The number of hydrogen-bond donors (Lipinski definition) is 1. The van der Waals surface area contributed by atoms with E-state index in [1.807, 2.05) is 27.7 Å². The molecule has 0 rings (SSSR count). The van der Waals surface area contributed by atoms with E-state index in [0.717, 1.165) is 0 Å². The fourth-order valence-electron chi connectivity index (χ4n) is 1.72. The largest absolute Gasteiger partial charge is 0.792 e. The van der Waals surface area contributed by atoms with Crippen molar-refractivity contribution in [2.75, 3.05) is 6.54 Å². The SMILES string of the molecule is CC(C)[N+](CCC#N)(OP(N)[O-])C(C)C. The molecule has 0 aromatic rings. The van der Waals surface area contributed by atoms with E-state index in [9.17, 15) is 4.89 Å². The molecule has 1 atom stereocenters. The summed E-state index contributed by atoms with van der Waals surface area (Å²) in [5.74, 6) is 0. The molecule has 2 N–H and O–H groups in total. The Balaban J connectivity index is 4.83. The highest BCUT2D eigenvalue weighted by molar-refractivity contribution is 7.41. The molecule has 5 nitrogen and oxygen atoms in total. The third kappa shape index (κ3) is 4.02. The average molecular weight is 233 g/mol. The summed E-state index contributed by atoms with van der Waals surface area (Å²) in [7, 11) is -2.16. The van der Waals surface area contributed by atoms with Crippen molar-refractivity contribution in [3.63, 3.8) is 0 Å². The van der Waals surface area contributed by atoms with Crippen LogP contribution in [0, 0.1) is 11.3 Å². The lowest BCUT2D eigenvalue weighted by atomic mass is 10.2. The third-order valence-electron chi connectivity index (χ3n) is 2.55. The second-order valence-corrected chi connectivity index (χ2v) is 4.77. The van der Waals surface area contributed by atoms with E-state index in [0.29, 0.717) is 13.0 Å². The number of hydroxylamine groups is 3. The first-order valence-corrected chi connectivity index (χ1v) is 6.27. The van der Waals surface area contributed by atoms with Crippen molar-refractivity contribution in [3.8, 4) is 6.07 Å². The van der Waals surface area contributed by atoms with E-state index in [-0.39, 0.29) is 16.7 Å². The normalized spacial score (nSPS) is 14.3. The molecule has 0 aliphatic heterocycles. The molecule has 0 aliphatic carbocycles. The zero-order valence-electron chi connectivity index (χ0n) is 9.80. The minimum absolute atomic E-state index is 0.112. The maximum absolute atomic E-state index is 11.0. The standard InChI is InChI=1S/C9H20N3O2P/c1-8(2)12(9(3)4,7-5-6-10)14-15(11)13/h8-9H,5,7,11H2,1-4H3. The topological polar surface area (TPSA) is 82.1 Å². The molecule has 0 heterocycles. The molecule has 0 saturated carbocycles. The molecule has 0 radical (unpaired) electrons. The highest BCUT2D eigenvalue weighted by Crippen LogP contribution is 2.31. The van der Waals surface area contributed by atoms with Gasteiger partial charge in [-0.1, -0.05) is 0 Å². The lowest BCUT2D eigenvalue weighted by Crippen LogP contribution is -2.57. The van der Waals surface area contributed by atoms with Gasteiger partial charge in [0.15, 0.2) is 0 Å². The molecular weight excluding hydrogens is 213 g/mol. The van der Waals surface area contributed by atoms with Crippen LogP contribution in [0.3, 0.4) is 0 Å². The molecule has 0 aromatic carbocycles. The fourth-order valence-corrected chi connectivity index (χ4v) is 2.48. The van der Waals surface area contributed by atoms with Crippen LogP contribution in [0.2, 0.25) is 0 Å². The Labute approximate surface area is 93.0 Å². The molecule has 15 heavy (non-hydrogen) atoms. The highest BCUT2D eigenvalue weighted by Gasteiger charge is 2.37. The summed E-state index contributed by atoms with van der Waals surface area (Å²) in [5, 5.41) is 8.61. The first-order chi connectivity index (χ1) is 6.86. The zero-order chi connectivity index (χ0) is 12.1. The van der Waals surface area contributed by atoms with Crippen LogP contribution in [0.25, 0.3) is 0 Å². The van der Waals surface area contributed by atoms with Gasteiger partial charge in [0.05, 0.1) is 21.0 Å². The smallest absolute Gasteiger partial charge is 0.123 e. The average Bonchev–Trinajstić information content (AvgIpc) is 2.10. The number of hydrogen-bond acceptors (Lipinski definition) is 4. The van der Waals surface area contributed by atoms with Gasteiger partial charge in [-0.05, 0) is 27.7 Å². The Morgan fingerprint density at radius 1 is 1.40 bits per heavy atom. The van der Waals surface area contributed by atoms with Gasteiger partial charge in [-0.2, -0.15) is 14.5 Å². The zero-order valence-corrected chi connectivity index (χ0v) is 10.7. The van der Waals surface area contributed by atoms with Gasteiger partial charge in [0.2, 0.25) is 0 Å². The van der Waals surface area contributed by atoms with Crippen LogP contribution < -0.4 is 10.4 Å². The van der Waals surface area contributed by atoms with E-state index in [2.05, 4.69) is 6.07 Å². The minimum atomic E-state index is -2.16. The van der Waals surface area contributed by atoms with Gasteiger partial charge in [-0.25, -0.2) is 0 Å². The Morgan fingerprint density at radius 2 is 1.87 bits per heavy atom. The first kappa shape index (κ1) is 14.8. The second kappa shape index (κ2) is 6.37. The summed E-state index contributed by atoms with van der Waals surface area (Å²) < 4.78 is 5.50. The van der Waals surface area contributed by atoms with Gasteiger partial charge in [0, 0.05) is 0 Å². The Hall–Kier alpha value is -0.240. The molecule has 6 heteroatoms. The molecular formula is C9H20N3O2P. The number of rotatable bonds is 6. The second-order valence-electron chi connectivity index (χ2n) is 4.04. The maximum atomic E-state index is 11.0. The summed E-state index contributed by atoms with van der Waals surface area (Å²) in [6.07, 6.45) is 0.361. The number of nitrogens with zero attached hydrogens (tertiary/aromatic N) is 2. The van der Waals surface area contributed by atoms with Crippen LogP contribution in [0.15, 0.2) is 0 Å². The molecule has 1 unspecified atom stereocenters. The van der Waals surface area contributed by atoms with E-state index in [4.69, 9.17) is 15.4 Å². The van der Waals surface area contributed by atoms with Crippen LogP contribution >= 0.6 is 8.53 Å². The molecule has 0 saturated heterocycles. The van der Waals surface area contributed by atoms with Crippen LogP contribution in [-0.4, -0.2) is 23.3 Å². The monoisotopic (exact) mass is 233 g/mol. The van der Waals surface area contributed by atoms with E-state index < -0.39 is 8.53 Å². The maximum Gasteiger partial charge on any atom is 0.123 e. The molecule has 88 valence electrons. The van der Waals surface area contributed by atoms with E-state index in [1.165, 1.54) is 0 Å². The summed E-state index contributed by atoms with van der Waals surface area (Å²) in [5.41, 5.74) is 5.21. The lowest BCUT2D eigenvalue weighted by Gasteiger charge is -2.44. The highest BCUT2D eigenvalue weighted by atomic mass is 31.2. The van der Waals surface area contributed by atoms with Crippen molar-refractivity contribution in [1.29, 1.82) is 5.26 Å². The van der Waals surface area contributed by atoms with Gasteiger partial charge in [0.25, 0.3) is 0 Å². The Bertz CT molecular complexity index is 218. The predicted octanol–water partition coefficient (Wildman–Crippen LogP) is 1.01. The Kier molecular flexibility index (Phi) is 6.26. The number of nitrogens with two attached hydrogens (primary N) is 1.